The average Bonchev–Trinajstić information content (AvgIpc) is 2.48. The van der Waals surface area contributed by atoms with Gasteiger partial charge in [-0.05, 0) is 44.1 Å². The Bertz CT molecular complexity index is 477. The molecular weight excluding hydrogens is 296 g/mol. The van der Waals surface area contributed by atoms with E-state index >= 15 is 0 Å². The predicted octanol–water partition coefficient (Wildman–Crippen LogP) is 2.42. The lowest BCUT2D eigenvalue weighted by molar-refractivity contribution is 0.0923. The molecule has 1 aromatic heterocycles. The second-order valence-corrected chi connectivity index (χ2v) is 6.40. The van der Waals surface area contributed by atoms with Gasteiger partial charge < -0.3 is 10.7 Å². The molecule has 0 unspecified atom stereocenters. The summed E-state index contributed by atoms with van der Waals surface area (Å²) < 4.78 is 0. The fourth-order valence-electron chi connectivity index (χ4n) is 2.38. The largest absolute Gasteiger partial charge is 0.348 e. The predicted molar refractivity (Wildman–Crippen MR) is 84.1 cm³/mol. The maximum atomic E-state index is 12.2. The first-order valence-corrected chi connectivity index (χ1v) is 8.27. The van der Waals surface area contributed by atoms with Crippen molar-refractivity contribution >= 4 is 35.1 Å². The van der Waals surface area contributed by atoms with Gasteiger partial charge in [-0.3, -0.25) is 4.79 Å². The van der Waals surface area contributed by atoms with Crippen LogP contribution in [0.1, 0.15) is 36.2 Å². The Kier molecular flexibility index (Phi) is 5.51. The maximum Gasteiger partial charge on any atom is 0.271 e. The molecular formula is C13H19ClN4OS. The molecule has 1 aromatic rings. The molecule has 0 saturated heterocycles. The van der Waals surface area contributed by atoms with E-state index in [1.165, 1.54) is 0 Å². The van der Waals surface area contributed by atoms with Crippen LogP contribution in [0.4, 0.5) is 5.82 Å². The molecule has 1 amide bonds. The number of hydrogen-bond donors (Lipinski definition) is 3. The first-order chi connectivity index (χ1) is 9.63. The van der Waals surface area contributed by atoms with Crippen molar-refractivity contribution in [3.8, 4) is 0 Å². The summed E-state index contributed by atoms with van der Waals surface area (Å²) in [5.74, 6) is 5.48. The third kappa shape index (κ3) is 3.77. The lowest BCUT2D eigenvalue weighted by atomic mass is 9.95. The molecule has 0 atom stereocenters. The Balaban J connectivity index is 1.98. The first kappa shape index (κ1) is 15.4. The number of carbonyl (C=O) groups is 1. The minimum absolute atomic E-state index is 0.207. The topological polar surface area (TPSA) is 80.0 Å². The number of pyridine rings is 1. The van der Waals surface area contributed by atoms with Crippen LogP contribution in [-0.2, 0) is 0 Å². The summed E-state index contributed by atoms with van der Waals surface area (Å²) in [6.07, 6.45) is 6.42. The Hall–Kier alpha value is -0.980. The molecule has 2 rings (SSSR count). The van der Waals surface area contributed by atoms with Crippen LogP contribution in [0.15, 0.2) is 12.1 Å². The molecule has 0 aromatic carbocycles. The molecule has 5 nitrogen and oxygen atoms in total. The third-order valence-corrected chi connectivity index (χ3v) is 4.99. The van der Waals surface area contributed by atoms with Crippen LogP contribution >= 0.6 is 23.4 Å². The monoisotopic (exact) mass is 314 g/mol. The molecule has 0 spiro atoms. The van der Waals surface area contributed by atoms with Crippen molar-refractivity contribution in [2.45, 2.75) is 37.0 Å². The number of aromatic nitrogens is 1. The zero-order valence-corrected chi connectivity index (χ0v) is 12.9. The van der Waals surface area contributed by atoms with Gasteiger partial charge in [-0.25, -0.2) is 10.8 Å². The molecule has 0 aliphatic heterocycles. The van der Waals surface area contributed by atoms with Gasteiger partial charge in [-0.2, -0.15) is 11.8 Å². The van der Waals surface area contributed by atoms with Gasteiger partial charge in [0.15, 0.2) is 0 Å². The number of amides is 1. The number of hydrogen-bond acceptors (Lipinski definition) is 5. The molecule has 1 fully saturated rings. The lowest BCUT2D eigenvalue weighted by Crippen LogP contribution is -2.38. The van der Waals surface area contributed by atoms with Gasteiger partial charge in [0.25, 0.3) is 5.91 Å². The van der Waals surface area contributed by atoms with Crippen molar-refractivity contribution in [2.24, 2.45) is 5.84 Å². The van der Waals surface area contributed by atoms with Crippen molar-refractivity contribution in [1.29, 1.82) is 0 Å². The van der Waals surface area contributed by atoms with E-state index in [0.717, 1.165) is 30.9 Å². The molecule has 1 aliphatic carbocycles. The Morgan fingerprint density at radius 1 is 1.40 bits per heavy atom. The quantitative estimate of drug-likeness (QED) is 0.587. The SMILES string of the molecule is CSC1CCC(NC(=O)c2nc(NN)ccc2Cl)CC1. The summed E-state index contributed by atoms with van der Waals surface area (Å²) in [7, 11) is 0. The highest BCUT2D eigenvalue weighted by atomic mass is 35.5. The van der Waals surface area contributed by atoms with Crippen molar-refractivity contribution in [3.05, 3.63) is 22.8 Å². The van der Waals surface area contributed by atoms with Gasteiger partial charge in [-0.15, -0.1) is 0 Å². The van der Waals surface area contributed by atoms with Crippen LogP contribution in [-0.4, -0.2) is 28.4 Å². The van der Waals surface area contributed by atoms with E-state index in [0.29, 0.717) is 10.8 Å². The molecule has 1 saturated carbocycles. The molecule has 4 N–H and O–H groups in total. The first-order valence-electron chi connectivity index (χ1n) is 6.61. The summed E-state index contributed by atoms with van der Waals surface area (Å²) in [6, 6.07) is 3.45. The van der Waals surface area contributed by atoms with Gasteiger partial charge in [0.1, 0.15) is 11.5 Å². The molecule has 110 valence electrons. The highest BCUT2D eigenvalue weighted by Gasteiger charge is 2.23. The van der Waals surface area contributed by atoms with Gasteiger partial charge in [0.2, 0.25) is 0 Å². The molecule has 0 radical (unpaired) electrons. The lowest BCUT2D eigenvalue weighted by Gasteiger charge is -2.28. The number of carbonyl (C=O) groups excluding carboxylic acids is 1. The van der Waals surface area contributed by atoms with E-state index in [9.17, 15) is 4.79 Å². The average molecular weight is 315 g/mol. The normalized spacial score (nSPS) is 22.4. The number of anilines is 1. The maximum absolute atomic E-state index is 12.2. The van der Waals surface area contributed by atoms with E-state index in [-0.39, 0.29) is 17.6 Å². The number of thioether (sulfide) groups is 1. The Morgan fingerprint density at radius 3 is 2.70 bits per heavy atom. The van der Waals surface area contributed by atoms with Gasteiger partial charge in [-0.1, -0.05) is 11.6 Å². The third-order valence-electron chi connectivity index (χ3n) is 3.55. The smallest absolute Gasteiger partial charge is 0.271 e. The minimum Gasteiger partial charge on any atom is -0.348 e. The molecule has 0 bridgehead atoms. The van der Waals surface area contributed by atoms with Crippen molar-refractivity contribution < 1.29 is 4.79 Å². The zero-order chi connectivity index (χ0) is 14.5. The van der Waals surface area contributed by atoms with Crippen LogP contribution in [0.2, 0.25) is 5.02 Å². The molecule has 7 heteroatoms. The zero-order valence-electron chi connectivity index (χ0n) is 11.4. The number of rotatable bonds is 4. The van der Waals surface area contributed by atoms with Crippen LogP contribution in [0.3, 0.4) is 0 Å². The highest BCUT2D eigenvalue weighted by molar-refractivity contribution is 7.99. The van der Waals surface area contributed by atoms with Crippen molar-refractivity contribution in [2.75, 3.05) is 11.7 Å². The number of nitrogens with one attached hydrogen (secondary N) is 2. The van der Waals surface area contributed by atoms with E-state index in [1.54, 1.807) is 12.1 Å². The second kappa shape index (κ2) is 7.15. The summed E-state index contributed by atoms with van der Waals surface area (Å²) in [5, 5.41) is 4.06. The highest BCUT2D eigenvalue weighted by Crippen LogP contribution is 2.27. The van der Waals surface area contributed by atoms with Gasteiger partial charge in [0, 0.05) is 11.3 Å². The minimum atomic E-state index is -0.236. The van der Waals surface area contributed by atoms with Crippen molar-refractivity contribution in [3.63, 3.8) is 0 Å². The van der Waals surface area contributed by atoms with E-state index in [1.807, 2.05) is 11.8 Å². The molecule has 1 aliphatic rings. The fourth-order valence-corrected chi connectivity index (χ4v) is 3.31. The summed E-state index contributed by atoms with van der Waals surface area (Å²) in [5.41, 5.74) is 2.63. The van der Waals surface area contributed by atoms with E-state index < -0.39 is 0 Å². The van der Waals surface area contributed by atoms with Crippen molar-refractivity contribution in [1.82, 2.24) is 10.3 Å². The molecule has 1 heterocycles. The number of nitrogen functional groups attached to an aromatic ring is 1. The van der Waals surface area contributed by atoms with E-state index in [4.69, 9.17) is 17.4 Å². The van der Waals surface area contributed by atoms with Crippen LogP contribution in [0.5, 0.6) is 0 Å². The number of halogens is 1. The standard InChI is InChI=1S/C13H19ClN4OS/c1-20-9-4-2-8(3-5-9)16-13(19)12-10(14)6-7-11(17-12)18-15/h6-9H,2-5,15H2,1H3,(H,16,19)(H,17,18). The summed E-state index contributed by atoms with van der Waals surface area (Å²) in [4.78, 5) is 16.3. The fraction of sp³-hybridized carbons (Fsp3) is 0.538. The summed E-state index contributed by atoms with van der Waals surface area (Å²) >= 11 is 7.92. The van der Waals surface area contributed by atoms with Crippen LogP contribution in [0, 0.1) is 0 Å². The van der Waals surface area contributed by atoms with Gasteiger partial charge in [0.05, 0.1) is 5.02 Å². The van der Waals surface area contributed by atoms with Gasteiger partial charge >= 0.3 is 0 Å². The molecule has 20 heavy (non-hydrogen) atoms. The number of hydrazine groups is 1. The number of nitrogens with zero attached hydrogens (tertiary/aromatic N) is 1. The Morgan fingerprint density at radius 2 is 2.10 bits per heavy atom. The Labute approximate surface area is 128 Å². The second-order valence-electron chi connectivity index (χ2n) is 4.85. The van der Waals surface area contributed by atoms with Crippen LogP contribution < -0.4 is 16.6 Å². The summed E-state index contributed by atoms with van der Waals surface area (Å²) in [6.45, 7) is 0. The number of nitrogens with two attached hydrogens (primary N) is 1. The van der Waals surface area contributed by atoms with Crippen LogP contribution in [0.25, 0.3) is 0 Å². The van der Waals surface area contributed by atoms with E-state index in [2.05, 4.69) is 22.0 Å².